The summed E-state index contributed by atoms with van der Waals surface area (Å²) < 4.78 is 31.6. The fourth-order valence-electron chi connectivity index (χ4n) is 1.10. The van der Waals surface area contributed by atoms with Gasteiger partial charge in [-0.25, -0.2) is 0 Å². The minimum Gasteiger partial charge on any atom is -0.448 e. The van der Waals surface area contributed by atoms with E-state index >= 15 is 0 Å². The topological polar surface area (TPSA) is 39.2 Å². The lowest BCUT2D eigenvalue weighted by Crippen LogP contribution is -2.18. The normalized spacial score (nSPS) is 12.1. The third kappa shape index (κ3) is 2.28. The van der Waals surface area contributed by atoms with Gasteiger partial charge in [0.05, 0.1) is 0 Å². The molecule has 2 N–H and O–H groups in total. The highest BCUT2D eigenvalue weighted by Gasteiger charge is 2.36. The fourth-order valence-corrected chi connectivity index (χ4v) is 1.61. The van der Waals surface area contributed by atoms with Gasteiger partial charge in [0, 0.05) is 6.42 Å². The Labute approximate surface area is 83.2 Å². The first-order chi connectivity index (χ1) is 5.97. The highest BCUT2D eigenvalue weighted by atomic mass is 79.9. The fraction of sp³-hybridized carbons (Fsp3) is 0.500. The van der Waals surface area contributed by atoms with Gasteiger partial charge in [0.2, 0.25) is 0 Å². The van der Waals surface area contributed by atoms with Crippen molar-refractivity contribution in [1.82, 2.24) is 0 Å². The van der Waals surface area contributed by atoms with Crippen LogP contribution in [0, 0.1) is 6.92 Å². The Morgan fingerprint density at radius 2 is 2.23 bits per heavy atom. The van der Waals surface area contributed by atoms with Crippen molar-refractivity contribution in [3.05, 3.63) is 22.1 Å². The van der Waals surface area contributed by atoms with Crippen molar-refractivity contribution in [3.63, 3.8) is 0 Å². The van der Waals surface area contributed by atoms with Gasteiger partial charge in [0.15, 0.2) is 10.4 Å². The maximum absolute atomic E-state index is 13.2. The van der Waals surface area contributed by atoms with Crippen LogP contribution in [0.5, 0.6) is 0 Å². The van der Waals surface area contributed by atoms with E-state index in [4.69, 9.17) is 10.2 Å². The van der Waals surface area contributed by atoms with Gasteiger partial charge in [0.1, 0.15) is 0 Å². The summed E-state index contributed by atoms with van der Waals surface area (Å²) in [7, 11) is 0. The number of rotatable bonds is 3. The van der Waals surface area contributed by atoms with E-state index in [-0.39, 0.29) is 12.3 Å². The van der Waals surface area contributed by atoms with Gasteiger partial charge in [-0.3, -0.25) is 0 Å². The Morgan fingerprint density at radius 3 is 2.62 bits per heavy atom. The summed E-state index contributed by atoms with van der Waals surface area (Å²) in [5.41, 5.74) is 5.51. The maximum atomic E-state index is 13.2. The molecule has 2 nitrogen and oxygen atoms in total. The molecule has 0 spiro atoms. The van der Waals surface area contributed by atoms with Crippen LogP contribution in [-0.2, 0) is 5.92 Å². The van der Waals surface area contributed by atoms with E-state index in [0.29, 0.717) is 10.2 Å². The predicted octanol–water partition coefficient (Wildman–Crippen LogP) is 2.79. The van der Waals surface area contributed by atoms with E-state index in [0.717, 1.165) is 0 Å². The second-order valence-electron chi connectivity index (χ2n) is 2.81. The Hall–Kier alpha value is -0.420. The molecule has 5 heteroatoms. The first kappa shape index (κ1) is 10.7. The molecule has 1 aromatic heterocycles. The van der Waals surface area contributed by atoms with Gasteiger partial charge in [-0.1, -0.05) is 0 Å². The molecule has 0 saturated heterocycles. The molecular formula is C8H10BrF2NO. The van der Waals surface area contributed by atoms with Crippen molar-refractivity contribution < 1.29 is 13.2 Å². The summed E-state index contributed by atoms with van der Waals surface area (Å²) in [5.74, 6) is -3.27. The van der Waals surface area contributed by atoms with Crippen LogP contribution >= 0.6 is 15.9 Å². The Morgan fingerprint density at radius 1 is 1.62 bits per heavy atom. The zero-order valence-electron chi connectivity index (χ0n) is 7.11. The highest BCUT2D eigenvalue weighted by molar-refractivity contribution is 9.10. The molecular weight excluding hydrogens is 244 g/mol. The third-order valence-electron chi connectivity index (χ3n) is 1.68. The lowest BCUT2D eigenvalue weighted by Gasteiger charge is -2.12. The molecule has 74 valence electrons. The van der Waals surface area contributed by atoms with Gasteiger partial charge in [0.25, 0.3) is 0 Å². The lowest BCUT2D eigenvalue weighted by atomic mass is 10.1. The SMILES string of the molecule is Cc1cc(Br)oc1C(F)(F)CCN. The van der Waals surface area contributed by atoms with E-state index in [1.165, 1.54) is 6.07 Å². The molecule has 0 fully saturated rings. The lowest BCUT2D eigenvalue weighted by molar-refractivity contribution is -0.0330. The average Bonchev–Trinajstić information content (AvgIpc) is 2.30. The quantitative estimate of drug-likeness (QED) is 0.900. The van der Waals surface area contributed by atoms with Crippen molar-refractivity contribution >= 4 is 15.9 Å². The minimum atomic E-state index is -2.97. The first-order valence-corrected chi connectivity index (χ1v) is 4.61. The van der Waals surface area contributed by atoms with Crippen LogP contribution in [0.2, 0.25) is 0 Å². The zero-order chi connectivity index (χ0) is 10.1. The van der Waals surface area contributed by atoms with E-state index in [2.05, 4.69) is 15.9 Å². The second kappa shape index (κ2) is 3.75. The van der Waals surface area contributed by atoms with Crippen LogP contribution in [0.25, 0.3) is 0 Å². The summed E-state index contributed by atoms with van der Waals surface area (Å²) in [5, 5.41) is 0. The number of halogens is 3. The van der Waals surface area contributed by atoms with E-state index in [1.807, 2.05) is 0 Å². The standard InChI is InChI=1S/C8H10BrF2NO/c1-5-4-6(9)13-7(5)8(10,11)2-3-12/h4H,2-3,12H2,1H3. The van der Waals surface area contributed by atoms with Crippen LogP contribution in [-0.4, -0.2) is 6.54 Å². The zero-order valence-corrected chi connectivity index (χ0v) is 8.70. The van der Waals surface area contributed by atoms with Crippen molar-refractivity contribution in [2.24, 2.45) is 5.73 Å². The molecule has 0 radical (unpaired) electrons. The number of hydrogen-bond acceptors (Lipinski definition) is 2. The molecule has 1 rings (SSSR count). The number of aryl methyl sites for hydroxylation is 1. The summed E-state index contributed by atoms with van der Waals surface area (Å²) in [6.07, 6.45) is -0.395. The largest absolute Gasteiger partial charge is 0.448 e. The third-order valence-corrected chi connectivity index (χ3v) is 2.07. The van der Waals surface area contributed by atoms with Crippen molar-refractivity contribution in [2.75, 3.05) is 6.54 Å². The molecule has 0 amide bonds. The smallest absolute Gasteiger partial charge is 0.306 e. The summed E-state index contributed by atoms with van der Waals surface area (Å²) >= 11 is 3.00. The minimum absolute atomic E-state index is 0.0647. The van der Waals surface area contributed by atoms with Crippen LogP contribution in [0.3, 0.4) is 0 Å². The number of nitrogens with two attached hydrogens (primary N) is 1. The van der Waals surface area contributed by atoms with E-state index < -0.39 is 12.3 Å². The first-order valence-electron chi connectivity index (χ1n) is 3.81. The van der Waals surface area contributed by atoms with Gasteiger partial charge in [-0.2, -0.15) is 8.78 Å². The van der Waals surface area contributed by atoms with Crippen LogP contribution in [0.15, 0.2) is 15.2 Å². The second-order valence-corrected chi connectivity index (χ2v) is 3.59. The Balaban J connectivity index is 2.98. The molecule has 1 aromatic rings. The number of furan rings is 1. The molecule has 0 aliphatic rings. The molecule has 1 heterocycles. The van der Waals surface area contributed by atoms with Crippen molar-refractivity contribution in [3.8, 4) is 0 Å². The number of hydrogen-bond donors (Lipinski definition) is 1. The van der Waals surface area contributed by atoms with Gasteiger partial charge < -0.3 is 10.2 Å². The molecule has 0 unspecified atom stereocenters. The average molecular weight is 254 g/mol. The molecule has 0 aliphatic carbocycles. The Kier molecular flexibility index (Phi) is 3.08. The molecule has 13 heavy (non-hydrogen) atoms. The molecule has 0 atom stereocenters. The van der Waals surface area contributed by atoms with Crippen molar-refractivity contribution in [1.29, 1.82) is 0 Å². The molecule has 0 saturated carbocycles. The molecule has 0 aliphatic heterocycles. The predicted molar refractivity (Wildman–Crippen MR) is 48.7 cm³/mol. The van der Waals surface area contributed by atoms with Crippen molar-refractivity contribution in [2.45, 2.75) is 19.3 Å². The maximum Gasteiger partial charge on any atom is 0.306 e. The Bertz CT molecular complexity index is 298. The van der Waals surface area contributed by atoms with Crippen LogP contribution in [0.1, 0.15) is 17.7 Å². The van der Waals surface area contributed by atoms with Crippen LogP contribution in [0.4, 0.5) is 8.78 Å². The van der Waals surface area contributed by atoms with Gasteiger partial charge in [-0.05, 0) is 41.0 Å². The molecule has 0 bridgehead atoms. The van der Waals surface area contributed by atoms with E-state index in [9.17, 15) is 8.78 Å². The summed E-state index contributed by atoms with van der Waals surface area (Å²) in [6, 6.07) is 1.51. The van der Waals surface area contributed by atoms with Gasteiger partial charge >= 0.3 is 5.92 Å². The summed E-state index contributed by atoms with van der Waals surface area (Å²) in [4.78, 5) is 0. The summed E-state index contributed by atoms with van der Waals surface area (Å²) in [6.45, 7) is 1.51. The molecule has 0 aromatic carbocycles. The highest BCUT2D eigenvalue weighted by Crippen LogP contribution is 2.36. The van der Waals surface area contributed by atoms with Crippen LogP contribution < -0.4 is 5.73 Å². The van der Waals surface area contributed by atoms with E-state index in [1.54, 1.807) is 6.92 Å². The number of alkyl halides is 2. The monoisotopic (exact) mass is 253 g/mol. The van der Waals surface area contributed by atoms with Gasteiger partial charge in [-0.15, -0.1) is 0 Å².